The molecule has 0 unspecified atom stereocenters. The van der Waals surface area contributed by atoms with Crippen LogP contribution in [0.2, 0.25) is 0 Å². The van der Waals surface area contributed by atoms with E-state index in [0.29, 0.717) is 5.92 Å². The molecule has 0 radical (unpaired) electrons. The van der Waals surface area contributed by atoms with E-state index in [1.54, 1.807) is 0 Å². The average Bonchev–Trinajstić information content (AvgIpc) is 2.39. The second-order valence-electron chi connectivity index (χ2n) is 3.93. The Hall–Kier alpha value is -1.31. The SMILES string of the molecule is CC(C)C1=CC=C2NCCN=C2C=C1. The van der Waals surface area contributed by atoms with Gasteiger partial charge in [0.05, 0.1) is 18.0 Å². The molecule has 74 valence electrons. The van der Waals surface area contributed by atoms with Gasteiger partial charge in [-0.2, -0.15) is 0 Å². The molecule has 0 aromatic rings. The van der Waals surface area contributed by atoms with Crippen LogP contribution in [0.5, 0.6) is 0 Å². The summed E-state index contributed by atoms with van der Waals surface area (Å²) in [5, 5.41) is 3.35. The van der Waals surface area contributed by atoms with Crippen LogP contribution in [0.4, 0.5) is 0 Å². The van der Waals surface area contributed by atoms with Crippen molar-refractivity contribution in [3.05, 3.63) is 35.6 Å². The minimum Gasteiger partial charge on any atom is -0.381 e. The van der Waals surface area contributed by atoms with Gasteiger partial charge in [0.2, 0.25) is 0 Å². The van der Waals surface area contributed by atoms with Crippen LogP contribution in [-0.2, 0) is 0 Å². The first kappa shape index (κ1) is 9.25. The molecule has 0 aromatic heterocycles. The summed E-state index contributed by atoms with van der Waals surface area (Å²) in [5.41, 5.74) is 3.60. The number of hydrogen-bond donors (Lipinski definition) is 1. The van der Waals surface area contributed by atoms with Crippen LogP contribution in [0.15, 0.2) is 40.6 Å². The lowest BCUT2D eigenvalue weighted by Gasteiger charge is -2.14. The van der Waals surface area contributed by atoms with Crippen LogP contribution in [0, 0.1) is 5.92 Å². The van der Waals surface area contributed by atoms with Crippen LogP contribution in [0.1, 0.15) is 13.8 Å². The molecule has 0 aromatic carbocycles. The van der Waals surface area contributed by atoms with E-state index in [4.69, 9.17) is 0 Å². The topological polar surface area (TPSA) is 24.4 Å². The van der Waals surface area contributed by atoms with E-state index < -0.39 is 0 Å². The number of allylic oxidation sites excluding steroid dienone is 5. The Bertz CT molecular complexity index is 343. The summed E-state index contributed by atoms with van der Waals surface area (Å²) in [5.74, 6) is 0.573. The van der Waals surface area contributed by atoms with Crippen molar-refractivity contribution in [3.63, 3.8) is 0 Å². The summed E-state index contributed by atoms with van der Waals surface area (Å²) in [4.78, 5) is 4.47. The van der Waals surface area contributed by atoms with Crippen molar-refractivity contribution >= 4 is 5.71 Å². The molecule has 2 rings (SSSR count). The molecule has 1 heterocycles. The van der Waals surface area contributed by atoms with Crippen LogP contribution in [0.25, 0.3) is 0 Å². The molecule has 0 bridgehead atoms. The second-order valence-corrected chi connectivity index (χ2v) is 3.93. The number of nitrogens with one attached hydrogen (secondary N) is 1. The fraction of sp³-hybridized carbons (Fsp3) is 0.417. The monoisotopic (exact) mass is 188 g/mol. The first-order chi connectivity index (χ1) is 6.77. The lowest BCUT2D eigenvalue weighted by molar-refractivity contribution is 0.791. The Labute approximate surface area is 85.1 Å². The molecule has 1 aliphatic heterocycles. The number of nitrogens with zero attached hydrogens (tertiary/aromatic N) is 1. The maximum Gasteiger partial charge on any atom is 0.0806 e. The van der Waals surface area contributed by atoms with Gasteiger partial charge in [0.25, 0.3) is 0 Å². The molecule has 0 saturated heterocycles. The summed E-state index contributed by atoms with van der Waals surface area (Å²) in [6, 6.07) is 0. The maximum atomic E-state index is 4.47. The molecule has 2 aliphatic rings. The van der Waals surface area contributed by atoms with E-state index in [2.05, 4.69) is 48.5 Å². The van der Waals surface area contributed by atoms with Crippen molar-refractivity contribution in [1.29, 1.82) is 0 Å². The van der Waals surface area contributed by atoms with Gasteiger partial charge in [-0.1, -0.05) is 26.0 Å². The molecule has 2 nitrogen and oxygen atoms in total. The Balaban J connectivity index is 2.32. The maximum absolute atomic E-state index is 4.47. The highest BCUT2D eigenvalue weighted by molar-refractivity contribution is 6.09. The highest BCUT2D eigenvalue weighted by Crippen LogP contribution is 2.16. The predicted molar refractivity (Wildman–Crippen MR) is 60.4 cm³/mol. The van der Waals surface area contributed by atoms with Crippen molar-refractivity contribution in [3.8, 4) is 0 Å². The van der Waals surface area contributed by atoms with Gasteiger partial charge in [-0.05, 0) is 23.6 Å². The van der Waals surface area contributed by atoms with E-state index in [-0.39, 0.29) is 0 Å². The van der Waals surface area contributed by atoms with Gasteiger partial charge in [0.1, 0.15) is 0 Å². The number of rotatable bonds is 1. The van der Waals surface area contributed by atoms with Gasteiger partial charge in [-0.25, -0.2) is 0 Å². The summed E-state index contributed by atoms with van der Waals surface area (Å²) in [6.07, 6.45) is 8.58. The number of aliphatic imine (C=N–C) groups is 1. The molecule has 14 heavy (non-hydrogen) atoms. The first-order valence-corrected chi connectivity index (χ1v) is 5.16. The standard InChI is InChI=1S/C12H16N2/c1-9(2)10-3-5-11-12(6-4-10)14-8-7-13-11/h3-6,9,13H,7-8H2,1-2H3. The highest BCUT2D eigenvalue weighted by atomic mass is 15.0. The van der Waals surface area contributed by atoms with E-state index in [0.717, 1.165) is 24.5 Å². The normalized spacial score (nSPS) is 20.4. The first-order valence-electron chi connectivity index (χ1n) is 5.16. The summed E-state index contributed by atoms with van der Waals surface area (Å²) < 4.78 is 0. The minimum atomic E-state index is 0.573. The molecule has 0 saturated carbocycles. The third-order valence-electron chi connectivity index (χ3n) is 2.53. The Kier molecular flexibility index (Phi) is 2.53. The van der Waals surface area contributed by atoms with E-state index in [1.165, 1.54) is 5.57 Å². The van der Waals surface area contributed by atoms with Crippen LogP contribution in [-0.4, -0.2) is 18.8 Å². The van der Waals surface area contributed by atoms with Gasteiger partial charge in [-0.15, -0.1) is 0 Å². The molecule has 2 heteroatoms. The fourth-order valence-corrected chi connectivity index (χ4v) is 1.62. The number of hydrogen-bond acceptors (Lipinski definition) is 2. The molecule has 0 fully saturated rings. The Morgan fingerprint density at radius 2 is 2.14 bits per heavy atom. The van der Waals surface area contributed by atoms with Crippen LogP contribution in [0.3, 0.4) is 0 Å². The third-order valence-corrected chi connectivity index (χ3v) is 2.53. The van der Waals surface area contributed by atoms with Gasteiger partial charge in [-0.3, -0.25) is 4.99 Å². The average molecular weight is 188 g/mol. The van der Waals surface area contributed by atoms with Crippen molar-refractivity contribution in [2.45, 2.75) is 13.8 Å². The highest BCUT2D eigenvalue weighted by Gasteiger charge is 2.10. The summed E-state index contributed by atoms with van der Waals surface area (Å²) >= 11 is 0. The van der Waals surface area contributed by atoms with Crippen LogP contribution >= 0.6 is 0 Å². The van der Waals surface area contributed by atoms with Gasteiger partial charge in [0.15, 0.2) is 0 Å². The van der Waals surface area contributed by atoms with Crippen LogP contribution < -0.4 is 5.32 Å². The second kappa shape index (κ2) is 3.82. The largest absolute Gasteiger partial charge is 0.381 e. The molecule has 0 atom stereocenters. The Morgan fingerprint density at radius 1 is 1.29 bits per heavy atom. The van der Waals surface area contributed by atoms with Gasteiger partial charge < -0.3 is 5.32 Å². The van der Waals surface area contributed by atoms with Crippen molar-refractivity contribution < 1.29 is 0 Å². The fourth-order valence-electron chi connectivity index (χ4n) is 1.62. The number of fused-ring (bicyclic) bond motifs is 1. The van der Waals surface area contributed by atoms with E-state index >= 15 is 0 Å². The summed E-state index contributed by atoms with van der Waals surface area (Å²) in [7, 11) is 0. The zero-order valence-corrected chi connectivity index (χ0v) is 8.75. The molecular formula is C12H16N2. The van der Waals surface area contributed by atoms with E-state index in [1.807, 2.05) is 0 Å². The minimum absolute atomic E-state index is 0.573. The smallest absolute Gasteiger partial charge is 0.0806 e. The lowest BCUT2D eigenvalue weighted by Crippen LogP contribution is -2.27. The molecule has 0 amide bonds. The molecule has 0 spiro atoms. The van der Waals surface area contributed by atoms with Gasteiger partial charge in [0, 0.05) is 6.54 Å². The zero-order chi connectivity index (χ0) is 9.97. The zero-order valence-electron chi connectivity index (χ0n) is 8.75. The van der Waals surface area contributed by atoms with Crippen molar-refractivity contribution in [1.82, 2.24) is 5.32 Å². The summed E-state index contributed by atoms with van der Waals surface area (Å²) in [6.45, 7) is 6.25. The lowest BCUT2D eigenvalue weighted by atomic mass is 10.0. The van der Waals surface area contributed by atoms with Crippen molar-refractivity contribution in [2.24, 2.45) is 10.9 Å². The van der Waals surface area contributed by atoms with E-state index in [9.17, 15) is 0 Å². The predicted octanol–water partition coefficient (Wildman–Crippen LogP) is 2.07. The molecular weight excluding hydrogens is 172 g/mol. The third kappa shape index (κ3) is 1.79. The van der Waals surface area contributed by atoms with Crippen molar-refractivity contribution in [2.75, 3.05) is 13.1 Å². The van der Waals surface area contributed by atoms with Gasteiger partial charge >= 0.3 is 0 Å². The quantitative estimate of drug-likeness (QED) is 0.669. The molecule has 1 aliphatic carbocycles. The Morgan fingerprint density at radius 3 is 2.93 bits per heavy atom. The molecule has 1 N–H and O–H groups in total.